The van der Waals surface area contributed by atoms with Crippen LogP contribution in [-0.4, -0.2) is 24.6 Å². The van der Waals surface area contributed by atoms with Crippen molar-refractivity contribution in [2.45, 2.75) is 6.54 Å². The van der Waals surface area contributed by atoms with Gasteiger partial charge >= 0.3 is 0 Å². The molecule has 0 unspecified atom stereocenters. The van der Waals surface area contributed by atoms with E-state index in [9.17, 15) is 18.4 Å². The van der Waals surface area contributed by atoms with Crippen LogP contribution in [0.5, 0.6) is 0 Å². The first-order chi connectivity index (χ1) is 10.4. The van der Waals surface area contributed by atoms with E-state index >= 15 is 0 Å². The number of benzene rings is 1. The number of nitrogens with zero attached hydrogens (tertiary/aromatic N) is 2. The number of nitrogens with one attached hydrogen (secondary N) is 1. The number of amides is 1. The van der Waals surface area contributed by atoms with Crippen LogP contribution >= 0.6 is 0 Å². The maximum atomic E-state index is 13.8. The topological polar surface area (TPSA) is 54.3 Å². The molecule has 1 heterocycles. The first-order valence-electron chi connectivity index (χ1n) is 6.50. The molecular weight excluding hydrogens is 292 g/mol. The number of halogens is 2. The lowest BCUT2D eigenvalue weighted by Gasteiger charge is -2.16. The summed E-state index contributed by atoms with van der Waals surface area (Å²) in [6.07, 6.45) is 1.46. The smallest absolute Gasteiger partial charge is 0.250 e. The summed E-state index contributed by atoms with van der Waals surface area (Å²) >= 11 is 0. The lowest BCUT2D eigenvalue weighted by atomic mass is 10.2. The number of anilines is 2. The zero-order chi connectivity index (χ0) is 16.3. The van der Waals surface area contributed by atoms with Gasteiger partial charge < -0.3 is 14.8 Å². The van der Waals surface area contributed by atoms with Crippen molar-refractivity contribution in [3.63, 3.8) is 0 Å². The van der Waals surface area contributed by atoms with Gasteiger partial charge in [-0.05, 0) is 18.2 Å². The largest absolute Gasteiger partial charge is 0.373 e. The van der Waals surface area contributed by atoms with Gasteiger partial charge in [0.05, 0.1) is 0 Å². The van der Waals surface area contributed by atoms with E-state index in [4.69, 9.17) is 0 Å². The van der Waals surface area contributed by atoms with E-state index in [-0.39, 0.29) is 23.5 Å². The van der Waals surface area contributed by atoms with Gasteiger partial charge in [0.25, 0.3) is 5.56 Å². The van der Waals surface area contributed by atoms with Crippen LogP contribution in [0.2, 0.25) is 0 Å². The zero-order valence-corrected chi connectivity index (χ0v) is 12.1. The second-order valence-corrected chi connectivity index (χ2v) is 4.90. The van der Waals surface area contributed by atoms with E-state index in [0.717, 1.165) is 12.1 Å². The minimum atomic E-state index is -0.780. The Bertz CT molecular complexity index is 733. The number of hydrogen-bond acceptors (Lipinski definition) is 3. The average molecular weight is 307 g/mol. The molecule has 0 fully saturated rings. The molecule has 0 radical (unpaired) electrons. The van der Waals surface area contributed by atoms with Crippen LogP contribution in [-0.2, 0) is 11.3 Å². The summed E-state index contributed by atoms with van der Waals surface area (Å²) in [6, 6.07) is 6.55. The Morgan fingerprint density at radius 3 is 2.41 bits per heavy atom. The first kappa shape index (κ1) is 15.7. The predicted molar refractivity (Wildman–Crippen MR) is 80.0 cm³/mol. The predicted octanol–water partition coefficient (Wildman–Crippen LogP) is 1.83. The van der Waals surface area contributed by atoms with Crippen molar-refractivity contribution in [3.8, 4) is 0 Å². The van der Waals surface area contributed by atoms with Gasteiger partial charge in [-0.1, -0.05) is 6.07 Å². The van der Waals surface area contributed by atoms with Gasteiger partial charge in [-0.15, -0.1) is 0 Å². The van der Waals surface area contributed by atoms with Crippen LogP contribution < -0.4 is 15.8 Å². The molecule has 2 aromatic rings. The molecule has 0 saturated heterocycles. The number of carbonyl (C=O) groups excluding carboxylic acids is 1. The van der Waals surface area contributed by atoms with Gasteiger partial charge in [-0.3, -0.25) is 9.59 Å². The van der Waals surface area contributed by atoms with Gasteiger partial charge in [0.2, 0.25) is 5.91 Å². The van der Waals surface area contributed by atoms with Crippen molar-refractivity contribution in [2.24, 2.45) is 0 Å². The Labute approximate surface area is 125 Å². The van der Waals surface area contributed by atoms with Crippen molar-refractivity contribution >= 4 is 17.3 Å². The molecule has 0 aliphatic carbocycles. The Morgan fingerprint density at radius 1 is 1.23 bits per heavy atom. The Morgan fingerprint density at radius 2 is 1.86 bits per heavy atom. The molecule has 0 bridgehead atoms. The fourth-order valence-electron chi connectivity index (χ4n) is 2.01. The second kappa shape index (κ2) is 6.38. The van der Waals surface area contributed by atoms with Crippen molar-refractivity contribution < 1.29 is 13.6 Å². The number of hydrogen-bond donors (Lipinski definition) is 1. The summed E-state index contributed by atoms with van der Waals surface area (Å²) in [4.78, 5) is 24.6. The van der Waals surface area contributed by atoms with E-state index in [1.165, 1.54) is 35.8 Å². The molecule has 116 valence electrons. The molecule has 0 aliphatic rings. The lowest BCUT2D eigenvalue weighted by Crippen LogP contribution is -2.26. The van der Waals surface area contributed by atoms with Gasteiger partial charge in [0.15, 0.2) is 11.6 Å². The number of pyridine rings is 1. The molecule has 22 heavy (non-hydrogen) atoms. The third kappa shape index (κ3) is 3.49. The number of carbonyl (C=O) groups is 1. The van der Waals surface area contributed by atoms with Crippen LogP contribution in [0.25, 0.3) is 0 Å². The molecule has 1 N–H and O–H groups in total. The van der Waals surface area contributed by atoms with Crippen LogP contribution in [0, 0.1) is 11.6 Å². The first-order valence-corrected chi connectivity index (χ1v) is 6.50. The van der Waals surface area contributed by atoms with Crippen molar-refractivity contribution in [3.05, 3.63) is 58.5 Å². The molecule has 2 rings (SSSR count). The summed E-state index contributed by atoms with van der Waals surface area (Å²) < 4.78 is 28.8. The van der Waals surface area contributed by atoms with Crippen molar-refractivity contribution in [2.75, 3.05) is 24.3 Å². The highest BCUT2D eigenvalue weighted by Gasteiger charge is 2.14. The molecule has 0 saturated carbocycles. The summed E-state index contributed by atoms with van der Waals surface area (Å²) in [6.45, 7) is -0.238. The molecule has 5 nitrogen and oxygen atoms in total. The van der Waals surface area contributed by atoms with Crippen molar-refractivity contribution in [1.29, 1.82) is 0 Å². The standard InChI is InChI=1S/C15H15F2N3O2/c1-19(2)15-11(16)7-10(8-12(15)17)18-13(21)9-20-6-4-3-5-14(20)22/h3-8H,9H2,1-2H3,(H,18,21). The average Bonchev–Trinajstić information content (AvgIpc) is 2.40. The highest BCUT2D eigenvalue weighted by molar-refractivity contribution is 5.90. The molecule has 0 atom stereocenters. The third-order valence-corrected chi connectivity index (χ3v) is 2.96. The van der Waals surface area contributed by atoms with Crippen LogP contribution in [0.1, 0.15) is 0 Å². The summed E-state index contributed by atoms with van der Waals surface area (Å²) in [5, 5.41) is 2.37. The monoisotopic (exact) mass is 307 g/mol. The van der Waals surface area contributed by atoms with E-state index < -0.39 is 17.5 Å². The van der Waals surface area contributed by atoms with Crippen LogP contribution in [0.4, 0.5) is 20.2 Å². The summed E-state index contributed by atoms with van der Waals surface area (Å²) in [7, 11) is 3.03. The maximum absolute atomic E-state index is 13.8. The summed E-state index contributed by atoms with van der Waals surface area (Å²) in [5.74, 6) is -2.11. The van der Waals surface area contributed by atoms with Crippen molar-refractivity contribution in [1.82, 2.24) is 4.57 Å². The molecule has 1 amide bonds. The van der Waals surface area contributed by atoms with Crippen LogP contribution in [0.3, 0.4) is 0 Å². The second-order valence-electron chi connectivity index (χ2n) is 4.90. The molecule has 0 aliphatic heterocycles. The maximum Gasteiger partial charge on any atom is 0.250 e. The number of rotatable bonds is 4. The van der Waals surface area contributed by atoms with E-state index in [1.54, 1.807) is 12.1 Å². The minimum Gasteiger partial charge on any atom is -0.373 e. The fraction of sp³-hybridized carbons (Fsp3) is 0.200. The van der Waals surface area contributed by atoms with Crippen LogP contribution in [0.15, 0.2) is 41.3 Å². The Kier molecular flexibility index (Phi) is 4.55. The molecule has 1 aromatic heterocycles. The molecular formula is C15H15F2N3O2. The lowest BCUT2D eigenvalue weighted by molar-refractivity contribution is -0.116. The summed E-state index contributed by atoms with van der Waals surface area (Å²) in [5.41, 5.74) is -0.523. The van der Waals surface area contributed by atoms with Gasteiger partial charge in [0, 0.05) is 32.0 Å². The Hall–Kier alpha value is -2.70. The van der Waals surface area contributed by atoms with E-state index in [2.05, 4.69) is 5.32 Å². The van der Waals surface area contributed by atoms with E-state index in [0.29, 0.717) is 0 Å². The fourth-order valence-corrected chi connectivity index (χ4v) is 2.01. The molecule has 7 heteroatoms. The highest BCUT2D eigenvalue weighted by Crippen LogP contribution is 2.25. The number of aromatic nitrogens is 1. The highest BCUT2D eigenvalue weighted by atomic mass is 19.1. The SMILES string of the molecule is CN(C)c1c(F)cc(NC(=O)Cn2ccccc2=O)cc1F. The van der Waals surface area contributed by atoms with Gasteiger partial charge in [0.1, 0.15) is 12.2 Å². The third-order valence-electron chi connectivity index (χ3n) is 2.96. The molecule has 0 spiro atoms. The van der Waals surface area contributed by atoms with E-state index in [1.807, 2.05) is 0 Å². The molecule has 1 aromatic carbocycles. The Balaban J connectivity index is 2.16. The quantitative estimate of drug-likeness (QED) is 0.937. The van der Waals surface area contributed by atoms with Gasteiger partial charge in [-0.25, -0.2) is 8.78 Å². The zero-order valence-electron chi connectivity index (χ0n) is 12.1. The normalized spacial score (nSPS) is 10.4. The minimum absolute atomic E-state index is 0.00502. The van der Waals surface area contributed by atoms with Gasteiger partial charge in [-0.2, -0.15) is 0 Å².